The summed E-state index contributed by atoms with van der Waals surface area (Å²) in [6.07, 6.45) is 0. The van der Waals surface area contributed by atoms with E-state index in [-0.39, 0.29) is 0 Å². The van der Waals surface area contributed by atoms with Crippen molar-refractivity contribution in [3.8, 4) is 0 Å². The van der Waals surface area contributed by atoms with Crippen molar-refractivity contribution < 1.29 is 0 Å². The highest BCUT2D eigenvalue weighted by atomic mass is 14.9. The van der Waals surface area contributed by atoms with Gasteiger partial charge >= 0.3 is 0 Å². The maximum absolute atomic E-state index is 5.23. The minimum Gasteiger partial charge on any atom is -0.309 e. The molecule has 1 heteroatoms. The summed E-state index contributed by atoms with van der Waals surface area (Å²) in [5.74, 6) is 0. The Hall–Kier alpha value is -0.300. The second-order valence-electron chi connectivity index (χ2n) is 1.26. The molecular weight excluding hydrogens is 62.1 g/mol. The molecule has 1 saturated heterocycles. The molecule has 0 spiro atoms. The third-order valence-corrected chi connectivity index (χ3v) is 0.704. The lowest BCUT2D eigenvalue weighted by Crippen LogP contribution is -2.32. The molecule has 1 aliphatic rings. The van der Waals surface area contributed by atoms with E-state index < -0.39 is 0 Å². The molecular formula is C4H6N. The molecule has 0 saturated carbocycles. The van der Waals surface area contributed by atoms with Crippen molar-refractivity contribution in [2.75, 3.05) is 13.1 Å². The van der Waals surface area contributed by atoms with Crippen LogP contribution in [-0.4, -0.2) is 13.1 Å². The summed E-state index contributed by atoms with van der Waals surface area (Å²) < 4.78 is 0. The Kier molecular flexibility index (Phi) is 0.484. The third kappa shape index (κ3) is 0.329. The molecule has 1 fully saturated rings. The van der Waals surface area contributed by atoms with Gasteiger partial charge in [0, 0.05) is 13.1 Å². The predicted octanol–water partition coefficient (Wildman–Crippen LogP) is -0.0510. The summed E-state index contributed by atoms with van der Waals surface area (Å²) in [6.45, 7) is 7.09. The van der Waals surface area contributed by atoms with E-state index in [0.29, 0.717) is 0 Å². The number of rotatable bonds is 0. The lowest BCUT2D eigenvalue weighted by atomic mass is 10.2. The zero-order valence-corrected chi connectivity index (χ0v) is 2.99. The number of nitrogens with one attached hydrogen (secondary N) is 1. The van der Waals surface area contributed by atoms with E-state index in [1.807, 2.05) is 0 Å². The van der Waals surface area contributed by atoms with E-state index in [1.165, 1.54) is 0 Å². The number of hydrogen-bond donors (Lipinski definition) is 1. The summed E-state index contributed by atoms with van der Waals surface area (Å²) in [4.78, 5) is 0. The van der Waals surface area contributed by atoms with Gasteiger partial charge in [0.15, 0.2) is 0 Å². The molecule has 0 aliphatic carbocycles. The molecule has 1 nitrogen and oxygen atoms in total. The minimum absolute atomic E-state index is 0.931. The van der Waals surface area contributed by atoms with Crippen LogP contribution in [0.2, 0.25) is 0 Å². The lowest BCUT2D eigenvalue weighted by molar-refractivity contribution is 0.670. The Morgan fingerprint density at radius 2 is 2.00 bits per heavy atom. The molecule has 0 amide bonds. The van der Waals surface area contributed by atoms with Gasteiger partial charge in [-0.2, -0.15) is 0 Å². The quantitative estimate of drug-likeness (QED) is 0.419. The van der Waals surface area contributed by atoms with Gasteiger partial charge in [-0.3, -0.25) is 0 Å². The first-order chi connectivity index (χ1) is 2.39. The average molecular weight is 68.1 g/mol. The molecule has 1 radical (unpaired) electrons. The Labute approximate surface area is 31.7 Å². The van der Waals surface area contributed by atoms with Crippen LogP contribution >= 0.6 is 0 Å². The summed E-state index contributed by atoms with van der Waals surface area (Å²) in [6, 6.07) is 0. The van der Waals surface area contributed by atoms with Crippen LogP contribution in [0.4, 0.5) is 0 Å². The Bertz CT molecular complexity index is 50.7. The number of hydrogen-bond acceptors (Lipinski definition) is 1. The SMILES string of the molecule is [CH]=C1CNC1. The van der Waals surface area contributed by atoms with Crippen molar-refractivity contribution in [1.29, 1.82) is 0 Å². The van der Waals surface area contributed by atoms with Crippen LogP contribution in [0.25, 0.3) is 0 Å². The van der Waals surface area contributed by atoms with Crippen LogP contribution in [0.15, 0.2) is 5.57 Å². The molecule has 1 N–H and O–H groups in total. The summed E-state index contributed by atoms with van der Waals surface area (Å²) in [5.41, 5.74) is 1.07. The predicted molar refractivity (Wildman–Crippen MR) is 20.7 cm³/mol. The molecule has 0 unspecified atom stereocenters. The standard InChI is InChI=1S/C4H6N/c1-4-2-5-3-4/h1,5H,2-3H2. The Morgan fingerprint density at radius 1 is 1.60 bits per heavy atom. The van der Waals surface area contributed by atoms with Crippen molar-refractivity contribution in [2.24, 2.45) is 0 Å². The molecule has 0 aromatic rings. The fourth-order valence-corrected chi connectivity index (χ4v) is 0.269. The van der Waals surface area contributed by atoms with E-state index in [0.717, 1.165) is 18.7 Å². The summed E-state index contributed by atoms with van der Waals surface area (Å²) in [7, 11) is 0. The first-order valence-electron chi connectivity index (χ1n) is 1.70. The molecule has 0 bridgehead atoms. The smallest absolute Gasteiger partial charge is 0.0183 e. The van der Waals surface area contributed by atoms with Crippen LogP contribution in [-0.2, 0) is 0 Å². The van der Waals surface area contributed by atoms with Gasteiger partial charge in [-0.1, -0.05) is 6.58 Å². The van der Waals surface area contributed by atoms with Gasteiger partial charge in [-0.25, -0.2) is 0 Å². The molecule has 5 heavy (non-hydrogen) atoms. The van der Waals surface area contributed by atoms with Crippen LogP contribution in [0.1, 0.15) is 0 Å². The summed E-state index contributed by atoms with van der Waals surface area (Å²) >= 11 is 0. The topological polar surface area (TPSA) is 12.0 Å². The molecule has 0 aromatic heterocycles. The normalized spacial score (nSPS) is 22.0. The Morgan fingerprint density at radius 3 is 2.00 bits per heavy atom. The molecule has 27 valence electrons. The molecule has 0 aromatic carbocycles. The first kappa shape index (κ1) is 2.91. The van der Waals surface area contributed by atoms with Crippen molar-refractivity contribution in [2.45, 2.75) is 0 Å². The second-order valence-corrected chi connectivity index (χ2v) is 1.26. The van der Waals surface area contributed by atoms with E-state index >= 15 is 0 Å². The average Bonchev–Trinajstić information content (AvgIpc) is 1.30. The monoisotopic (exact) mass is 68.1 g/mol. The van der Waals surface area contributed by atoms with Crippen LogP contribution in [0.3, 0.4) is 0 Å². The molecule has 1 rings (SSSR count). The maximum Gasteiger partial charge on any atom is 0.0183 e. The summed E-state index contributed by atoms with van der Waals surface area (Å²) in [5, 5.41) is 3.00. The lowest BCUT2D eigenvalue weighted by Gasteiger charge is -2.14. The van der Waals surface area contributed by atoms with Crippen molar-refractivity contribution in [3.63, 3.8) is 0 Å². The molecule has 1 heterocycles. The third-order valence-electron chi connectivity index (χ3n) is 0.704. The highest BCUT2D eigenvalue weighted by molar-refractivity contribution is 5.05. The van der Waals surface area contributed by atoms with Gasteiger partial charge in [-0.05, 0) is 5.57 Å². The maximum atomic E-state index is 5.23. The van der Waals surface area contributed by atoms with Crippen LogP contribution in [0.5, 0.6) is 0 Å². The first-order valence-corrected chi connectivity index (χ1v) is 1.70. The minimum atomic E-state index is 0.931. The largest absolute Gasteiger partial charge is 0.309 e. The van der Waals surface area contributed by atoms with Crippen molar-refractivity contribution >= 4 is 0 Å². The van der Waals surface area contributed by atoms with Crippen molar-refractivity contribution in [1.82, 2.24) is 5.32 Å². The Balaban J connectivity index is 2.32. The zero-order valence-electron chi connectivity index (χ0n) is 2.99. The van der Waals surface area contributed by atoms with Crippen LogP contribution in [0, 0.1) is 6.58 Å². The van der Waals surface area contributed by atoms with Gasteiger partial charge in [0.25, 0.3) is 0 Å². The highest BCUT2D eigenvalue weighted by Gasteiger charge is 2.00. The van der Waals surface area contributed by atoms with Gasteiger partial charge in [-0.15, -0.1) is 0 Å². The van der Waals surface area contributed by atoms with E-state index in [4.69, 9.17) is 6.58 Å². The van der Waals surface area contributed by atoms with Gasteiger partial charge in [0.1, 0.15) is 0 Å². The van der Waals surface area contributed by atoms with E-state index in [2.05, 4.69) is 5.32 Å². The van der Waals surface area contributed by atoms with Gasteiger partial charge in [0.2, 0.25) is 0 Å². The molecule has 1 aliphatic heterocycles. The van der Waals surface area contributed by atoms with E-state index in [9.17, 15) is 0 Å². The zero-order chi connectivity index (χ0) is 3.70. The fraction of sp³-hybridized carbons (Fsp3) is 0.500. The van der Waals surface area contributed by atoms with E-state index in [1.54, 1.807) is 0 Å². The second kappa shape index (κ2) is 0.830. The van der Waals surface area contributed by atoms with Gasteiger partial charge < -0.3 is 5.32 Å². The van der Waals surface area contributed by atoms with Crippen molar-refractivity contribution in [3.05, 3.63) is 12.2 Å². The van der Waals surface area contributed by atoms with Gasteiger partial charge in [0.05, 0.1) is 0 Å². The molecule has 0 atom stereocenters. The fourth-order valence-electron chi connectivity index (χ4n) is 0.269. The highest BCUT2D eigenvalue weighted by Crippen LogP contribution is 1.91. The van der Waals surface area contributed by atoms with Crippen LogP contribution < -0.4 is 5.32 Å².